The highest BCUT2D eigenvalue weighted by atomic mass is 14.9. The molecule has 5 nitrogen and oxygen atoms in total. The molecule has 48 heavy (non-hydrogen) atoms. The zero-order valence-corrected chi connectivity index (χ0v) is 26.0. The van der Waals surface area contributed by atoms with E-state index in [0.717, 1.165) is 72.6 Å². The van der Waals surface area contributed by atoms with Crippen molar-refractivity contribution in [1.82, 2.24) is 24.9 Å². The molecule has 8 aromatic rings. The van der Waals surface area contributed by atoms with Crippen LogP contribution in [-0.2, 0) is 0 Å². The summed E-state index contributed by atoms with van der Waals surface area (Å²) in [5.74, 6) is 0.658. The van der Waals surface area contributed by atoms with Crippen molar-refractivity contribution in [3.63, 3.8) is 0 Å². The van der Waals surface area contributed by atoms with Crippen LogP contribution in [0, 0.1) is 0 Å². The van der Waals surface area contributed by atoms with E-state index in [4.69, 9.17) is 9.97 Å². The smallest absolute Gasteiger partial charge is 0.160 e. The van der Waals surface area contributed by atoms with E-state index in [2.05, 4.69) is 112 Å². The van der Waals surface area contributed by atoms with Crippen LogP contribution in [0.15, 0.2) is 177 Å². The molecule has 0 aliphatic rings. The number of pyridine rings is 3. The van der Waals surface area contributed by atoms with Gasteiger partial charge in [0.1, 0.15) is 0 Å². The largest absolute Gasteiger partial charge is 0.264 e. The van der Waals surface area contributed by atoms with Crippen LogP contribution in [0.2, 0.25) is 0 Å². The number of rotatable bonds is 7. The maximum Gasteiger partial charge on any atom is 0.160 e. The lowest BCUT2D eigenvalue weighted by Crippen LogP contribution is -1.97. The van der Waals surface area contributed by atoms with E-state index in [1.807, 2.05) is 61.1 Å². The summed E-state index contributed by atoms with van der Waals surface area (Å²) in [6.45, 7) is 0. The quantitative estimate of drug-likeness (QED) is 0.178. The van der Waals surface area contributed by atoms with Gasteiger partial charge < -0.3 is 0 Å². The summed E-state index contributed by atoms with van der Waals surface area (Å²) in [5, 5.41) is 0. The summed E-state index contributed by atoms with van der Waals surface area (Å²) in [6.07, 6.45) is 11.1. The minimum Gasteiger partial charge on any atom is -0.264 e. The van der Waals surface area contributed by atoms with Crippen molar-refractivity contribution < 1.29 is 0 Å². The zero-order valence-electron chi connectivity index (χ0n) is 26.0. The Morgan fingerprint density at radius 1 is 0.271 bits per heavy atom. The predicted octanol–water partition coefficient (Wildman–Crippen LogP) is 10.3. The SMILES string of the molecule is c1ccc(-c2cc(-c3cccnc3)cc(-c3cc(-c4cc(-c5cccnc5)cc(-c5cccnc5)c4)nc(-c4ccccc4)n3)c2)cc1. The minimum atomic E-state index is 0.658. The number of hydrogen-bond acceptors (Lipinski definition) is 5. The number of hydrogen-bond donors (Lipinski definition) is 0. The van der Waals surface area contributed by atoms with Crippen molar-refractivity contribution in [2.45, 2.75) is 0 Å². The van der Waals surface area contributed by atoms with Crippen molar-refractivity contribution in [3.05, 3.63) is 177 Å². The Morgan fingerprint density at radius 2 is 0.625 bits per heavy atom. The highest BCUT2D eigenvalue weighted by Gasteiger charge is 2.15. The van der Waals surface area contributed by atoms with Gasteiger partial charge in [-0.1, -0.05) is 78.9 Å². The number of aromatic nitrogens is 5. The van der Waals surface area contributed by atoms with E-state index < -0.39 is 0 Å². The molecule has 0 atom stereocenters. The molecule has 0 bridgehead atoms. The fourth-order valence-corrected chi connectivity index (χ4v) is 5.91. The van der Waals surface area contributed by atoms with Crippen LogP contribution in [-0.4, -0.2) is 24.9 Å². The van der Waals surface area contributed by atoms with Crippen molar-refractivity contribution in [2.24, 2.45) is 0 Å². The van der Waals surface area contributed by atoms with Crippen LogP contribution in [0.4, 0.5) is 0 Å². The molecule has 4 aromatic heterocycles. The van der Waals surface area contributed by atoms with E-state index in [1.165, 1.54) is 0 Å². The first-order valence-electron chi connectivity index (χ1n) is 15.8. The van der Waals surface area contributed by atoms with Gasteiger partial charge in [0.2, 0.25) is 0 Å². The van der Waals surface area contributed by atoms with Gasteiger partial charge >= 0.3 is 0 Å². The Hall–Kier alpha value is -6.59. The molecule has 0 fully saturated rings. The van der Waals surface area contributed by atoms with Crippen LogP contribution in [0.5, 0.6) is 0 Å². The molecule has 4 heterocycles. The molecule has 4 aromatic carbocycles. The van der Waals surface area contributed by atoms with Crippen LogP contribution >= 0.6 is 0 Å². The molecule has 0 aliphatic carbocycles. The van der Waals surface area contributed by atoms with E-state index in [0.29, 0.717) is 5.82 Å². The average Bonchev–Trinajstić information content (AvgIpc) is 3.19. The lowest BCUT2D eigenvalue weighted by Gasteiger charge is -2.14. The van der Waals surface area contributed by atoms with Gasteiger partial charge in [0.25, 0.3) is 0 Å². The second-order valence-electron chi connectivity index (χ2n) is 11.5. The predicted molar refractivity (Wildman–Crippen MR) is 193 cm³/mol. The Labute approximate surface area is 279 Å². The van der Waals surface area contributed by atoms with Crippen molar-refractivity contribution >= 4 is 0 Å². The second-order valence-corrected chi connectivity index (χ2v) is 11.5. The van der Waals surface area contributed by atoms with Crippen molar-refractivity contribution in [3.8, 4) is 78.4 Å². The third-order valence-corrected chi connectivity index (χ3v) is 8.31. The highest BCUT2D eigenvalue weighted by molar-refractivity contribution is 5.84. The van der Waals surface area contributed by atoms with Gasteiger partial charge in [-0.2, -0.15) is 0 Å². The van der Waals surface area contributed by atoms with Gasteiger partial charge in [-0.15, -0.1) is 0 Å². The third-order valence-electron chi connectivity index (χ3n) is 8.31. The first-order valence-corrected chi connectivity index (χ1v) is 15.8. The van der Waals surface area contributed by atoms with Gasteiger partial charge in [-0.3, -0.25) is 15.0 Å². The summed E-state index contributed by atoms with van der Waals surface area (Å²) >= 11 is 0. The Bertz CT molecular complexity index is 2050. The molecule has 0 saturated carbocycles. The van der Waals surface area contributed by atoms with Crippen molar-refractivity contribution in [2.75, 3.05) is 0 Å². The van der Waals surface area contributed by atoms with Gasteiger partial charge in [0.05, 0.1) is 11.4 Å². The van der Waals surface area contributed by atoms with E-state index in [1.54, 1.807) is 18.6 Å². The molecule has 0 unspecified atom stereocenters. The molecule has 0 amide bonds. The molecule has 5 heteroatoms. The normalized spacial score (nSPS) is 10.9. The van der Waals surface area contributed by atoms with Gasteiger partial charge in [-0.05, 0) is 88.5 Å². The molecule has 0 spiro atoms. The van der Waals surface area contributed by atoms with E-state index >= 15 is 0 Å². The molecule has 0 radical (unpaired) electrons. The van der Waals surface area contributed by atoms with Gasteiger partial charge in [0.15, 0.2) is 5.82 Å². The molecule has 0 N–H and O–H groups in total. The summed E-state index contributed by atoms with van der Waals surface area (Å²) in [4.78, 5) is 23.6. The van der Waals surface area contributed by atoms with Crippen LogP contribution in [0.3, 0.4) is 0 Å². The Morgan fingerprint density at radius 3 is 1.02 bits per heavy atom. The Kier molecular flexibility index (Phi) is 7.83. The number of benzene rings is 4. The summed E-state index contributed by atoms with van der Waals surface area (Å²) < 4.78 is 0. The summed E-state index contributed by atoms with van der Waals surface area (Å²) in [5.41, 5.74) is 13.1. The summed E-state index contributed by atoms with van der Waals surface area (Å²) in [6, 6.07) is 48.0. The maximum atomic E-state index is 5.18. The molecular weight excluding hydrogens is 587 g/mol. The van der Waals surface area contributed by atoms with Gasteiger partial charge in [0, 0.05) is 70.6 Å². The fraction of sp³-hybridized carbons (Fsp3) is 0. The van der Waals surface area contributed by atoms with Crippen LogP contribution in [0.25, 0.3) is 78.4 Å². The lowest BCUT2D eigenvalue weighted by atomic mass is 9.94. The molecule has 0 aliphatic heterocycles. The Balaban J connectivity index is 1.36. The topological polar surface area (TPSA) is 64.5 Å². The minimum absolute atomic E-state index is 0.658. The first kappa shape index (κ1) is 28.9. The maximum absolute atomic E-state index is 5.18. The van der Waals surface area contributed by atoms with Crippen LogP contribution < -0.4 is 0 Å². The zero-order chi connectivity index (χ0) is 32.1. The van der Waals surface area contributed by atoms with Crippen molar-refractivity contribution in [1.29, 1.82) is 0 Å². The van der Waals surface area contributed by atoms with Gasteiger partial charge in [-0.25, -0.2) is 9.97 Å². The average molecular weight is 616 g/mol. The second kappa shape index (κ2) is 13.0. The molecular formula is C43H29N5. The highest BCUT2D eigenvalue weighted by Crippen LogP contribution is 2.36. The molecule has 226 valence electrons. The van der Waals surface area contributed by atoms with E-state index in [-0.39, 0.29) is 0 Å². The first-order chi connectivity index (χ1) is 23.8. The fourth-order valence-electron chi connectivity index (χ4n) is 5.91. The third kappa shape index (κ3) is 6.13. The number of nitrogens with zero attached hydrogens (tertiary/aromatic N) is 5. The van der Waals surface area contributed by atoms with Crippen LogP contribution in [0.1, 0.15) is 0 Å². The monoisotopic (exact) mass is 615 g/mol. The van der Waals surface area contributed by atoms with E-state index in [9.17, 15) is 0 Å². The molecule has 0 saturated heterocycles. The standard InChI is InChI=1S/C43H29N5/c1-3-10-30(11-4-1)35-20-36(32-14-7-17-44-27-32)23-39(22-35)41-26-42(48-43(47-41)31-12-5-2-6-13-31)40-24-37(33-15-8-18-45-28-33)21-38(25-40)34-16-9-19-46-29-34/h1-29H. The lowest BCUT2D eigenvalue weighted by molar-refractivity contribution is 1.18. The molecule has 8 rings (SSSR count). The summed E-state index contributed by atoms with van der Waals surface area (Å²) in [7, 11) is 0.